The summed E-state index contributed by atoms with van der Waals surface area (Å²) < 4.78 is 0. The second-order valence-electron chi connectivity index (χ2n) is 3.22. The first-order chi connectivity index (χ1) is 8.40. The summed E-state index contributed by atoms with van der Waals surface area (Å²) in [7, 11) is 0. The van der Waals surface area contributed by atoms with E-state index in [9.17, 15) is 0 Å². The van der Waals surface area contributed by atoms with E-state index in [2.05, 4.69) is 40.1 Å². The van der Waals surface area contributed by atoms with E-state index < -0.39 is 0 Å². The van der Waals surface area contributed by atoms with E-state index in [4.69, 9.17) is 5.53 Å². The predicted molar refractivity (Wildman–Crippen MR) is 70.6 cm³/mol. The van der Waals surface area contributed by atoms with E-state index in [1.165, 1.54) is 10.4 Å². The van der Waals surface area contributed by atoms with Crippen LogP contribution in [0, 0.1) is 11.8 Å². The van der Waals surface area contributed by atoms with Gasteiger partial charge < -0.3 is 0 Å². The monoisotopic (exact) mass is 239 g/mol. The van der Waals surface area contributed by atoms with Crippen molar-refractivity contribution in [1.29, 1.82) is 0 Å². The van der Waals surface area contributed by atoms with Gasteiger partial charge in [0.25, 0.3) is 0 Å². The summed E-state index contributed by atoms with van der Waals surface area (Å²) in [6.45, 7) is 0.217. The third-order valence-corrected chi connectivity index (χ3v) is 3.14. The largest absolute Gasteiger partial charge is 0.127 e. The molecule has 0 amide bonds. The zero-order valence-corrected chi connectivity index (χ0v) is 9.81. The van der Waals surface area contributed by atoms with Crippen molar-refractivity contribution in [2.45, 2.75) is 0 Å². The van der Waals surface area contributed by atoms with Gasteiger partial charge in [0, 0.05) is 9.79 Å². The fourth-order valence-corrected chi connectivity index (χ4v) is 2.24. The molecule has 82 valence electrons. The molecule has 2 aromatic rings. The first kappa shape index (κ1) is 11.3. The molecule has 0 unspecified atom stereocenters. The first-order valence-corrected chi connectivity index (χ1v) is 5.87. The molecule has 1 aromatic heterocycles. The number of benzene rings is 1. The van der Waals surface area contributed by atoms with Gasteiger partial charge in [-0.2, -0.15) is 0 Å². The molecule has 0 radical (unpaired) electrons. The van der Waals surface area contributed by atoms with Crippen LogP contribution in [0.2, 0.25) is 0 Å². The van der Waals surface area contributed by atoms with Crippen molar-refractivity contribution in [2.24, 2.45) is 5.11 Å². The second-order valence-corrected chi connectivity index (χ2v) is 4.30. The van der Waals surface area contributed by atoms with Gasteiger partial charge in [0.2, 0.25) is 0 Å². The summed E-state index contributed by atoms with van der Waals surface area (Å²) in [5, 5.41) is 3.36. The summed E-state index contributed by atoms with van der Waals surface area (Å²) >= 11 is 1.64. The average Bonchev–Trinajstić information content (AvgIpc) is 2.85. The smallest absolute Gasteiger partial charge is 0.0880 e. The van der Waals surface area contributed by atoms with Crippen molar-refractivity contribution < 1.29 is 0 Å². The Balaban J connectivity index is 2.16. The lowest BCUT2D eigenvalue weighted by atomic mass is 10.2. The zero-order chi connectivity index (χ0) is 11.9. The molecule has 0 N–H and O–H groups in total. The zero-order valence-electron chi connectivity index (χ0n) is 9.00. The third-order valence-electron chi connectivity index (χ3n) is 2.09. The van der Waals surface area contributed by atoms with Gasteiger partial charge in [0.05, 0.1) is 11.4 Å². The fourth-order valence-electron chi connectivity index (χ4n) is 1.36. The molecular formula is C13H9N3S. The number of hydrogen-bond acceptors (Lipinski definition) is 2. The van der Waals surface area contributed by atoms with Crippen molar-refractivity contribution in [3.8, 4) is 22.3 Å². The summed E-state index contributed by atoms with van der Waals surface area (Å²) in [6.07, 6.45) is 0. The van der Waals surface area contributed by atoms with Crippen LogP contribution >= 0.6 is 11.3 Å². The van der Waals surface area contributed by atoms with Crippen LogP contribution < -0.4 is 0 Å². The van der Waals surface area contributed by atoms with E-state index in [0.717, 1.165) is 4.88 Å². The highest BCUT2D eigenvalue weighted by atomic mass is 32.1. The van der Waals surface area contributed by atoms with Crippen molar-refractivity contribution >= 4 is 11.3 Å². The molecule has 0 aliphatic rings. The van der Waals surface area contributed by atoms with E-state index in [-0.39, 0.29) is 6.54 Å². The van der Waals surface area contributed by atoms with Gasteiger partial charge in [-0.05, 0) is 23.2 Å². The molecule has 17 heavy (non-hydrogen) atoms. The molecule has 4 heteroatoms. The van der Waals surface area contributed by atoms with Gasteiger partial charge in [-0.1, -0.05) is 47.3 Å². The quantitative estimate of drug-likeness (QED) is 0.328. The van der Waals surface area contributed by atoms with Crippen LogP contribution in [0.5, 0.6) is 0 Å². The Morgan fingerprint density at radius 3 is 2.76 bits per heavy atom. The van der Waals surface area contributed by atoms with Crippen LogP contribution in [-0.4, -0.2) is 6.54 Å². The molecule has 1 heterocycles. The summed E-state index contributed by atoms with van der Waals surface area (Å²) in [5.74, 6) is 5.78. The van der Waals surface area contributed by atoms with E-state index in [1.54, 1.807) is 11.3 Å². The minimum Gasteiger partial charge on any atom is -0.127 e. The molecule has 2 rings (SSSR count). The summed E-state index contributed by atoms with van der Waals surface area (Å²) in [6, 6.07) is 14.2. The van der Waals surface area contributed by atoms with Gasteiger partial charge in [0.1, 0.15) is 0 Å². The maximum absolute atomic E-state index is 8.11. The molecule has 3 nitrogen and oxygen atoms in total. The SMILES string of the molecule is [N-]=[N+]=NCC#Cc1ccc(-c2ccccc2)s1. The Bertz CT molecular complexity index is 598. The van der Waals surface area contributed by atoms with Crippen molar-refractivity contribution in [3.63, 3.8) is 0 Å². The minimum absolute atomic E-state index is 0.217. The maximum atomic E-state index is 8.11. The number of azide groups is 1. The number of rotatable bonds is 2. The maximum Gasteiger partial charge on any atom is 0.0880 e. The fraction of sp³-hybridized carbons (Fsp3) is 0.0769. The van der Waals surface area contributed by atoms with Crippen LogP contribution in [0.15, 0.2) is 47.6 Å². The molecular weight excluding hydrogens is 230 g/mol. The highest BCUT2D eigenvalue weighted by Crippen LogP contribution is 2.27. The topological polar surface area (TPSA) is 48.8 Å². The number of nitrogens with zero attached hydrogens (tertiary/aromatic N) is 3. The molecule has 0 aliphatic carbocycles. The minimum atomic E-state index is 0.217. The van der Waals surface area contributed by atoms with Crippen LogP contribution in [0.4, 0.5) is 0 Å². The van der Waals surface area contributed by atoms with Gasteiger partial charge >= 0.3 is 0 Å². The predicted octanol–water partition coefficient (Wildman–Crippen LogP) is 4.08. The molecule has 0 saturated heterocycles. The highest BCUT2D eigenvalue weighted by Gasteiger charge is 1.99. The van der Waals surface area contributed by atoms with E-state index >= 15 is 0 Å². The lowest BCUT2D eigenvalue weighted by Crippen LogP contribution is -1.68. The Morgan fingerprint density at radius 2 is 2.00 bits per heavy atom. The second kappa shape index (κ2) is 5.76. The lowest BCUT2D eigenvalue weighted by Gasteiger charge is -1.93. The van der Waals surface area contributed by atoms with Gasteiger partial charge in [-0.15, -0.1) is 11.3 Å². The number of hydrogen-bond donors (Lipinski definition) is 0. The molecule has 0 aliphatic heterocycles. The molecule has 1 aromatic carbocycles. The van der Waals surface area contributed by atoms with E-state index in [1.807, 2.05) is 24.3 Å². The molecule has 0 atom stereocenters. The Kier molecular flexibility index (Phi) is 3.82. The molecule has 0 bridgehead atoms. The standard InChI is InChI=1S/C13H9N3S/c14-16-15-10-4-7-12-8-9-13(17-12)11-5-2-1-3-6-11/h1-3,5-6,8-9H,10H2. The van der Waals surface area contributed by atoms with Crippen LogP contribution in [-0.2, 0) is 0 Å². The van der Waals surface area contributed by atoms with Crippen molar-refractivity contribution in [3.05, 3.63) is 57.8 Å². The average molecular weight is 239 g/mol. The normalized spacial score (nSPS) is 8.94. The Labute approximate surface area is 103 Å². The molecule has 0 spiro atoms. The Morgan fingerprint density at radius 1 is 1.18 bits per heavy atom. The Hall–Kier alpha value is -2.21. The summed E-state index contributed by atoms with van der Waals surface area (Å²) in [5.41, 5.74) is 9.30. The van der Waals surface area contributed by atoms with Crippen LogP contribution in [0.25, 0.3) is 20.9 Å². The van der Waals surface area contributed by atoms with Crippen LogP contribution in [0.3, 0.4) is 0 Å². The molecule has 0 fully saturated rings. The molecule has 0 saturated carbocycles. The van der Waals surface area contributed by atoms with Crippen molar-refractivity contribution in [2.75, 3.05) is 6.54 Å². The third kappa shape index (κ3) is 3.12. The first-order valence-electron chi connectivity index (χ1n) is 5.05. The van der Waals surface area contributed by atoms with Crippen molar-refractivity contribution in [1.82, 2.24) is 0 Å². The van der Waals surface area contributed by atoms with Gasteiger partial charge in [-0.3, -0.25) is 0 Å². The van der Waals surface area contributed by atoms with Gasteiger partial charge in [-0.25, -0.2) is 0 Å². The number of thiophene rings is 1. The highest BCUT2D eigenvalue weighted by molar-refractivity contribution is 7.16. The van der Waals surface area contributed by atoms with Gasteiger partial charge in [0.15, 0.2) is 0 Å². The van der Waals surface area contributed by atoms with Crippen LogP contribution in [0.1, 0.15) is 4.88 Å². The summed E-state index contributed by atoms with van der Waals surface area (Å²) in [4.78, 5) is 4.82. The van der Waals surface area contributed by atoms with E-state index in [0.29, 0.717) is 0 Å². The lowest BCUT2D eigenvalue weighted by molar-refractivity contribution is 1.25.